The number of para-hydroxylation sites is 2. The molecule has 122 valence electrons. The largest absolute Gasteiger partial charge is 0.493 e. The molecule has 0 atom stereocenters. The predicted octanol–water partition coefficient (Wildman–Crippen LogP) is 5.39. The van der Waals surface area contributed by atoms with Gasteiger partial charge in [0, 0.05) is 11.8 Å². The Balaban J connectivity index is 2.07. The van der Waals surface area contributed by atoms with Gasteiger partial charge in [0.25, 0.3) is 0 Å². The number of nitrogens with zero attached hydrogens (tertiary/aromatic N) is 1. The fraction of sp³-hybridized carbons (Fsp3) is 0.190. The number of ether oxygens (including phenoxy) is 2. The lowest BCUT2D eigenvalue weighted by Gasteiger charge is -2.10. The fourth-order valence-electron chi connectivity index (χ4n) is 2.67. The molecule has 0 saturated carbocycles. The van der Waals surface area contributed by atoms with Gasteiger partial charge in [0.1, 0.15) is 17.2 Å². The van der Waals surface area contributed by atoms with Crippen molar-refractivity contribution >= 4 is 22.7 Å². The molecule has 3 aromatic rings. The molecule has 3 aromatic carbocycles. The van der Waals surface area contributed by atoms with Gasteiger partial charge in [0.05, 0.1) is 13.2 Å². The first-order chi connectivity index (χ1) is 11.8. The monoisotopic (exact) mass is 319 g/mol. The molecule has 3 nitrogen and oxygen atoms in total. The van der Waals surface area contributed by atoms with Crippen LogP contribution in [0.25, 0.3) is 10.8 Å². The SMILES string of the molecule is CCOc1ccccc1/N=C/c1c(OCC)ccc2ccccc12. The summed E-state index contributed by atoms with van der Waals surface area (Å²) in [4.78, 5) is 4.66. The maximum atomic E-state index is 5.79. The molecule has 0 radical (unpaired) electrons. The molecular formula is C21H21NO2. The van der Waals surface area contributed by atoms with Crippen molar-refractivity contribution in [1.29, 1.82) is 0 Å². The van der Waals surface area contributed by atoms with E-state index >= 15 is 0 Å². The molecule has 0 unspecified atom stereocenters. The second kappa shape index (κ2) is 7.64. The zero-order valence-electron chi connectivity index (χ0n) is 14.0. The van der Waals surface area contributed by atoms with Crippen LogP contribution in [-0.2, 0) is 0 Å². The molecule has 0 fully saturated rings. The summed E-state index contributed by atoms with van der Waals surface area (Å²) in [5, 5.41) is 2.29. The standard InChI is InChI=1S/C21H21NO2/c1-3-23-20-14-13-16-9-5-6-10-17(16)18(20)15-22-19-11-7-8-12-21(19)24-4-2/h5-15H,3-4H2,1-2H3/b22-15+. The molecule has 0 spiro atoms. The molecule has 0 heterocycles. The third kappa shape index (κ3) is 3.40. The van der Waals surface area contributed by atoms with Gasteiger partial charge in [-0.2, -0.15) is 0 Å². The van der Waals surface area contributed by atoms with Crippen molar-refractivity contribution in [2.75, 3.05) is 13.2 Å². The molecule has 3 rings (SSSR count). The van der Waals surface area contributed by atoms with Crippen LogP contribution in [0.5, 0.6) is 11.5 Å². The summed E-state index contributed by atoms with van der Waals surface area (Å²) in [5.41, 5.74) is 1.80. The van der Waals surface area contributed by atoms with Crippen molar-refractivity contribution < 1.29 is 9.47 Å². The smallest absolute Gasteiger partial charge is 0.144 e. The molecule has 0 aromatic heterocycles. The van der Waals surface area contributed by atoms with Crippen LogP contribution in [0, 0.1) is 0 Å². The first-order valence-corrected chi connectivity index (χ1v) is 8.24. The molecule has 0 saturated heterocycles. The van der Waals surface area contributed by atoms with Crippen LogP contribution >= 0.6 is 0 Å². The maximum absolute atomic E-state index is 5.79. The van der Waals surface area contributed by atoms with Crippen LogP contribution < -0.4 is 9.47 Å². The lowest BCUT2D eigenvalue weighted by Crippen LogP contribution is -1.97. The third-order valence-corrected chi connectivity index (χ3v) is 3.73. The fourth-order valence-corrected chi connectivity index (χ4v) is 2.67. The highest BCUT2D eigenvalue weighted by atomic mass is 16.5. The van der Waals surface area contributed by atoms with E-state index in [4.69, 9.17) is 9.47 Å². The van der Waals surface area contributed by atoms with Crippen molar-refractivity contribution in [3.05, 3.63) is 66.2 Å². The number of fused-ring (bicyclic) bond motifs is 1. The summed E-state index contributed by atoms with van der Waals surface area (Å²) >= 11 is 0. The van der Waals surface area contributed by atoms with E-state index in [1.54, 1.807) is 0 Å². The van der Waals surface area contributed by atoms with Crippen LogP contribution in [-0.4, -0.2) is 19.4 Å². The van der Waals surface area contributed by atoms with Gasteiger partial charge in [-0.05, 0) is 42.8 Å². The van der Waals surface area contributed by atoms with Gasteiger partial charge < -0.3 is 9.47 Å². The molecule has 0 aliphatic heterocycles. The Bertz CT molecular complexity index is 855. The van der Waals surface area contributed by atoms with Crippen molar-refractivity contribution in [2.24, 2.45) is 4.99 Å². The van der Waals surface area contributed by atoms with Crippen LogP contribution in [0.4, 0.5) is 5.69 Å². The van der Waals surface area contributed by atoms with E-state index in [9.17, 15) is 0 Å². The summed E-state index contributed by atoms with van der Waals surface area (Å²) < 4.78 is 11.4. The second-order valence-corrected chi connectivity index (χ2v) is 5.29. The van der Waals surface area contributed by atoms with E-state index < -0.39 is 0 Å². The quantitative estimate of drug-likeness (QED) is 0.570. The average molecular weight is 319 g/mol. The van der Waals surface area contributed by atoms with E-state index in [1.807, 2.05) is 62.5 Å². The Morgan fingerprint density at radius 1 is 0.792 bits per heavy atom. The molecule has 0 aliphatic carbocycles. The van der Waals surface area contributed by atoms with Gasteiger partial charge in [-0.3, -0.25) is 4.99 Å². The van der Waals surface area contributed by atoms with E-state index in [2.05, 4.69) is 23.2 Å². The minimum Gasteiger partial charge on any atom is -0.493 e. The highest BCUT2D eigenvalue weighted by molar-refractivity contribution is 6.03. The van der Waals surface area contributed by atoms with Crippen molar-refractivity contribution in [3.8, 4) is 11.5 Å². The Morgan fingerprint density at radius 3 is 2.33 bits per heavy atom. The first-order valence-electron chi connectivity index (χ1n) is 8.24. The Labute approximate surface area is 142 Å². The van der Waals surface area contributed by atoms with E-state index in [0.717, 1.165) is 28.1 Å². The summed E-state index contributed by atoms with van der Waals surface area (Å²) in [6.45, 7) is 5.19. The van der Waals surface area contributed by atoms with Crippen LogP contribution in [0.15, 0.2) is 65.7 Å². The Kier molecular flexibility index (Phi) is 5.12. The highest BCUT2D eigenvalue weighted by Gasteiger charge is 2.07. The maximum Gasteiger partial charge on any atom is 0.144 e. The molecule has 3 heteroatoms. The number of rotatable bonds is 6. The van der Waals surface area contributed by atoms with Gasteiger partial charge in [-0.1, -0.05) is 42.5 Å². The van der Waals surface area contributed by atoms with Gasteiger partial charge in [-0.25, -0.2) is 0 Å². The summed E-state index contributed by atoms with van der Waals surface area (Å²) in [7, 11) is 0. The minimum atomic E-state index is 0.616. The zero-order chi connectivity index (χ0) is 16.8. The van der Waals surface area contributed by atoms with Gasteiger partial charge in [0.2, 0.25) is 0 Å². The number of aliphatic imine (C=N–C) groups is 1. The van der Waals surface area contributed by atoms with E-state index in [0.29, 0.717) is 13.2 Å². The molecule has 0 N–H and O–H groups in total. The average Bonchev–Trinajstić information content (AvgIpc) is 2.62. The first kappa shape index (κ1) is 16.1. The highest BCUT2D eigenvalue weighted by Crippen LogP contribution is 2.30. The van der Waals surface area contributed by atoms with Gasteiger partial charge in [0.15, 0.2) is 0 Å². The molecule has 0 aliphatic rings. The van der Waals surface area contributed by atoms with Crippen LogP contribution in [0.1, 0.15) is 19.4 Å². The lowest BCUT2D eigenvalue weighted by atomic mass is 10.0. The number of hydrogen-bond acceptors (Lipinski definition) is 3. The van der Waals surface area contributed by atoms with Crippen LogP contribution in [0.2, 0.25) is 0 Å². The summed E-state index contributed by atoms with van der Waals surface area (Å²) in [6, 6.07) is 20.1. The van der Waals surface area contributed by atoms with Crippen molar-refractivity contribution in [3.63, 3.8) is 0 Å². The zero-order valence-corrected chi connectivity index (χ0v) is 14.0. The molecule has 24 heavy (non-hydrogen) atoms. The Morgan fingerprint density at radius 2 is 1.50 bits per heavy atom. The van der Waals surface area contributed by atoms with Gasteiger partial charge >= 0.3 is 0 Å². The third-order valence-electron chi connectivity index (χ3n) is 3.73. The van der Waals surface area contributed by atoms with Gasteiger partial charge in [-0.15, -0.1) is 0 Å². The number of hydrogen-bond donors (Lipinski definition) is 0. The Hall–Kier alpha value is -2.81. The minimum absolute atomic E-state index is 0.616. The van der Waals surface area contributed by atoms with E-state index in [-0.39, 0.29) is 0 Å². The lowest BCUT2D eigenvalue weighted by molar-refractivity contribution is 0.340. The summed E-state index contributed by atoms with van der Waals surface area (Å²) in [6.07, 6.45) is 1.87. The summed E-state index contributed by atoms with van der Waals surface area (Å²) in [5.74, 6) is 1.63. The molecule has 0 amide bonds. The molecular weight excluding hydrogens is 298 g/mol. The molecule has 0 bridgehead atoms. The van der Waals surface area contributed by atoms with Crippen molar-refractivity contribution in [2.45, 2.75) is 13.8 Å². The topological polar surface area (TPSA) is 30.8 Å². The second-order valence-electron chi connectivity index (χ2n) is 5.29. The normalized spacial score (nSPS) is 11.1. The van der Waals surface area contributed by atoms with Crippen LogP contribution in [0.3, 0.4) is 0 Å². The van der Waals surface area contributed by atoms with E-state index in [1.165, 1.54) is 5.39 Å². The number of benzene rings is 3. The van der Waals surface area contributed by atoms with Crippen molar-refractivity contribution in [1.82, 2.24) is 0 Å². The predicted molar refractivity (Wildman–Crippen MR) is 100.0 cm³/mol.